The molecule has 2 aliphatic heterocycles. The first-order valence-electron chi connectivity index (χ1n) is 10.1. The minimum Gasteiger partial charge on any atom is -0.334 e. The van der Waals surface area contributed by atoms with Gasteiger partial charge >= 0.3 is 0 Å². The van der Waals surface area contributed by atoms with Crippen LogP contribution in [0.15, 0.2) is 54.6 Å². The molecule has 0 bridgehead atoms. The van der Waals surface area contributed by atoms with Crippen molar-refractivity contribution in [3.05, 3.63) is 60.2 Å². The Hall–Kier alpha value is -3.15. The van der Waals surface area contributed by atoms with Crippen molar-refractivity contribution >= 4 is 29.1 Å². The van der Waals surface area contributed by atoms with Crippen LogP contribution in [0.25, 0.3) is 0 Å². The molecule has 6 nitrogen and oxygen atoms in total. The molecule has 1 fully saturated rings. The Bertz CT molecular complexity index is 928. The van der Waals surface area contributed by atoms with E-state index in [4.69, 9.17) is 0 Å². The quantitative estimate of drug-likeness (QED) is 0.852. The summed E-state index contributed by atoms with van der Waals surface area (Å²) in [7, 11) is 1.69. The summed E-state index contributed by atoms with van der Waals surface area (Å²) in [6.07, 6.45) is 1.99. The maximum Gasteiger partial charge on any atom is 0.249 e. The second kappa shape index (κ2) is 8.07. The van der Waals surface area contributed by atoms with E-state index in [1.54, 1.807) is 16.8 Å². The molecule has 0 radical (unpaired) electrons. The largest absolute Gasteiger partial charge is 0.334 e. The number of benzene rings is 2. The molecule has 0 aromatic heterocycles. The molecule has 0 spiro atoms. The monoisotopic (exact) mass is 391 g/mol. The van der Waals surface area contributed by atoms with E-state index >= 15 is 0 Å². The lowest BCUT2D eigenvalue weighted by molar-refractivity contribution is -0.137. The van der Waals surface area contributed by atoms with Crippen LogP contribution < -0.4 is 10.2 Å². The van der Waals surface area contributed by atoms with Gasteiger partial charge in [-0.05, 0) is 43.0 Å². The number of carbonyl (C=O) groups excluding carboxylic acids is 3. The molecule has 2 aliphatic rings. The lowest BCUT2D eigenvalue weighted by Crippen LogP contribution is -2.43. The fourth-order valence-corrected chi connectivity index (χ4v) is 4.18. The van der Waals surface area contributed by atoms with Crippen molar-refractivity contribution in [3.8, 4) is 0 Å². The molecule has 0 aliphatic carbocycles. The number of hydrogen-bond acceptors (Lipinski definition) is 3. The van der Waals surface area contributed by atoms with Gasteiger partial charge in [-0.15, -0.1) is 0 Å². The number of fused-ring (bicyclic) bond motifs is 1. The van der Waals surface area contributed by atoms with Crippen LogP contribution in [0.5, 0.6) is 0 Å². The van der Waals surface area contributed by atoms with E-state index in [2.05, 4.69) is 5.32 Å². The predicted octanol–water partition coefficient (Wildman–Crippen LogP) is 2.84. The second-order valence-corrected chi connectivity index (χ2v) is 7.72. The van der Waals surface area contributed by atoms with Crippen LogP contribution in [0, 0.1) is 5.92 Å². The average molecular weight is 391 g/mol. The molecule has 6 heteroatoms. The van der Waals surface area contributed by atoms with Gasteiger partial charge in [0.2, 0.25) is 17.7 Å². The molecule has 4 rings (SSSR count). The molecule has 2 heterocycles. The third-order valence-corrected chi connectivity index (χ3v) is 5.93. The fourth-order valence-electron chi connectivity index (χ4n) is 4.18. The normalized spacial score (nSPS) is 20.9. The van der Waals surface area contributed by atoms with Gasteiger partial charge in [-0.2, -0.15) is 0 Å². The fraction of sp³-hybridized carbons (Fsp3) is 0.348. The van der Waals surface area contributed by atoms with Gasteiger partial charge < -0.3 is 15.1 Å². The molecule has 2 aromatic rings. The number of rotatable bonds is 5. The topological polar surface area (TPSA) is 69.7 Å². The SMILES string of the molecule is CN(C(=O)CCC1Cc2ccccc2NC1=O)C1CCN(c2ccccc2)C1=O. The third-order valence-electron chi connectivity index (χ3n) is 5.93. The van der Waals surface area contributed by atoms with Crippen molar-refractivity contribution in [1.29, 1.82) is 0 Å². The summed E-state index contributed by atoms with van der Waals surface area (Å²) >= 11 is 0. The summed E-state index contributed by atoms with van der Waals surface area (Å²) in [6.45, 7) is 0.604. The van der Waals surface area contributed by atoms with Gasteiger partial charge in [-0.25, -0.2) is 0 Å². The Morgan fingerprint density at radius 3 is 2.62 bits per heavy atom. The van der Waals surface area contributed by atoms with Gasteiger partial charge in [-0.3, -0.25) is 14.4 Å². The standard InChI is InChI=1S/C23H25N3O3/c1-25(20-13-14-26(23(20)29)18-8-3-2-4-9-18)21(27)12-11-17-15-16-7-5-6-10-19(16)24-22(17)28/h2-10,17,20H,11-15H2,1H3,(H,24,28). The highest BCUT2D eigenvalue weighted by Gasteiger charge is 2.37. The van der Waals surface area contributed by atoms with E-state index in [-0.39, 0.29) is 30.1 Å². The zero-order valence-electron chi connectivity index (χ0n) is 16.5. The van der Waals surface area contributed by atoms with E-state index in [1.807, 2.05) is 54.6 Å². The van der Waals surface area contributed by atoms with Crippen LogP contribution in [0.1, 0.15) is 24.8 Å². The van der Waals surface area contributed by atoms with Crippen LogP contribution in [0.2, 0.25) is 0 Å². The highest BCUT2D eigenvalue weighted by molar-refractivity contribution is 6.01. The molecule has 150 valence electrons. The maximum atomic E-state index is 12.8. The number of anilines is 2. The summed E-state index contributed by atoms with van der Waals surface area (Å²) in [4.78, 5) is 41.2. The number of hydrogen-bond donors (Lipinski definition) is 1. The third kappa shape index (κ3) is 3.88. The highest BCUT2D eigenvalue weighted by Crippen LogP contribution is 2.28. The minimum atomic E-state index is -0.441. The number of nitrogens with zero attached hydrogens (tertiary/aromatic N) is 2. The van der Waals surface area contributed by atoms with Gasteiger partial charge in [0.05, 0.1) is 0 Å². The zero-order chi connectivity index (χ0) is 20.4. The highest BCUT2D eigenvalue weighted by atomic mass is 16.2. The van der Waals surface area contributed by atoms with E-state index in [0.717, 1.165) is 16.9 Å². The predicted molar refractivity (Wildman–Crippen MR) is 111 cm³/mol. The second-order valence-electron chi connectivity index (χ2n) is 7.72. The van der Waals surface area contributed by atoms with Crippen molar-refractivity contribution in [2.24, 2.45) is 5.92 Å². The van der Waals surface area contributed by atoms with Crippen LogP contribution in [-0.2, 0) is 20.8 Å². The Balaban J connectivity index is 1.34. The van der Waals surface area contributed by atoms with Gasteiger partial charge in [-0.1, -0.05) is 36.4 Å². The molecular weight excluding hydrogens is 366 g/mol. The summed E-state index contributed by atoms with van der Waals surface area (Å²) < 4.78 is 0. The first-order valence-corrected chi connectivity index (χ1v) is 10.1. The lowest BCUT2D eigenvalue weighted by Gasteiger charge is -2.27. The number of likely N-dealkylation sites (N-methyl/N-ethyl adjacent to an activating group) is 1. The molecule has 29 heavy (non-hydrogen) atoms. The number of amides is 3. The molecule has 2 aromatic carbocycles. The van der Waals surface area contributed by atoms with Crippen molar-refractivity contribution in [2.45, 2.75) is 31.7 Å². The molecule has 2 unspecified atom stereocenters. The van der Waals surface area contributed by atoms with Crippen LogP contribution in [-0.4, -0.2) is 42.3 Å². The van der Waals surface area contributed by atoms with E-state index in [0.29, 0.717) is 25.8 Å². The van der Waals surface area contributed by atoms with Crippen molar-refractivity contribution in [1.82, 2.24) is 4.90 Å². The average Bonchev–Trinajstić information content (AvgIpc) is 3.13. The van der Waals surface area contributed by atoms with E-state index in [9.17, 15) is 14.4 Å². The van der Waals surface area contributed by atoms with Crippen LogP contribution >= 0.6 is 0 Å². The summed E-state index contributed by atoms with van der Waals surface area (Å²) in [5.41, 5.74) is 2.82. The van der Waals surface area contributed by atoms with E-state index < -0.39 is 6.04 Å². The zero-order valence-corrected chi connectivity index (χ0v) is 16.5. The van der Waals surface area contributed by atoms with Crippen molar-refractivity contribution in [2.75, 3.05) is 23.8 Å². The number of para-hydroxylation sites is 2. The molecule has 1 N–H and O–H groups in total. The Morgan fingerprint density at radius 1 is 1.10 bits per heavy atom. The van der Waals surface area contributed by atoms with Gasteiger partial charge in [0.1, 0.15) is 6.04 Å². The molecular formula is C23H25N3O3. The maximum absolute atomic E-state index is 12.8. The number of carbonyl (C=O) groups is 3. The summed E-state index contributed by atoms with van der Waals surface area (Å²) in [6, 6.07) is 16.8. The Morgan fingerprint density at radius 2 is 1.83 bits per heavy atom. The smallest absolute Gasteiger partial charge is 0.249 e. The molecule has 3 amide bonds. The summed E-state index contributed by atoms with van der Waals surface area (Å²) in [5, 5.41) is 2.92. The Kier molecular flexibility index (Phi) is 5.34. The summed E-state index contributed by atoms with van der Waals surface area (Å²) in [5.74, 6) is -0.394. The van der Waals surface area contributed by atoms with Gasteiger partial charge in [0.15, 0.2) is 0 Å². The molecule has 0 saturated carbocycles. The molecule has 2 atom stereocenters. The van der Waals surface area contributed by atoms with Crippen molar-refractivity contribution in [3.63, 3.8) is 0 Å². The van der Waals surface area contributed by atoms with Crippen LogP contribution in [0.3, 0.4) is 0 Å². The Labute approximate surface area is 170 Å². The lowest BCUT2D eigenvalue weighted by atomic mass is 9.89. The first kappa shape index (κ1) is 19.2. The number of nitrogens with one attached hydrogen (secondary N) is 1. The van der Waals surface area contributed by atoms with Crippen molar-refractivity contribution < 1.29 is 14.4 Å². The van der Waals surface area contributed by atoms with E-state index in [1.165, 1.54) is 0 Å². The minimum absolute atomic E-state index is 0.0358. The molecule has 1 saturated heterocycles. The van der Waals surface area contributed by atoms with Gasteiger partial charge in [0.25, 0.3) is 0 Å². The first-order chi connectivity index (χ1) is 14.0. The van der Waals surface area contributed by atoms with Gasteiger partial charge in [0, 0.05) is 37.3 Å². The van der Waals surface area contributed by atoms with Crippen LogP contribution in [0.4, 0.5) is 11.4 Å².